The van der Waals surface area contributed by atoms with Crippen molar-refractivity contribution in [2.45, 2.75) is 18.9 Å². The molecule has 0 spiro atoms. The molecule has 82 valence electrons. The molecule has 0 aromatic heterocycles. The van der Waals surface area contributed by atoms with Crippen LogP contribution in [-0.2, 0) is 11.2 Å². The first-order valence-corrected chi connectivity index (χ1v) is 5.44. The van der Waals surface area contributed by atoms with Gasteiger partial charge in [-0.2, -0.15) is 0 Å². The molecular formula is C10H10F2INO. The molecule has 1 aromatic carbocycles. The van der Waals surface area contributed by atoms with Crippen molar-refractivity contribution < 1.29 is 13.6 Å². The van der Waals surface area contributed by atoms with E-state index < -0.39 is 11.6 Å². The molecule has 5 heteroatoms. The Bertz CT molecular complexity index is 370. The minimum Gasteiger partial charge on any atom is -0.327 e. The predicted octanol–water partition coefficient (Wildman–Crippen LogP) is 2.19. The molecule has 15 heavy (non-hydrogen) atoms. The lowest BCUT2D eigenvalue weighted by atomic mass is 10.0. The third-order valence-corrected chi connectivity index (χ3v) is 2.34. The van der Waals surface area contributed by atoms with Crippen LogP contribution in [0.25, 0.3) is 0 Å². The highest BCUT2D eigenvalue weighted by molar-refractivity contribution is 14.1. The molecule has 0 fully saturated rings. The van der Waals surface area contributed by atoms with Gasteiger partial charge in [0.1, 0.15) is 0 Å². The first kappa shape index (κ1) is 12.5. The zero-order valence-electron chi connectivity index (χ0n) is 7.84. The minimum atomic E-state index is -0.888. The third kappa shape index (κ3) is 4.21. The standard InChI is InChI=1S/C10H10F2INO/c11-8-2-1-6(4-9(8)12)3-7(14)5-10(13)15/h1-2,4,7H,3,5,14H2/t7-/m1/s1. The highest BCUT2D eigenvalue weighted by Crippen LogP contribution is 2.11. The van der Waals surface area contributed by atoms with Crippen LogP contribution < -0.4 is 5.73 Å². The van der Waals surface area contributed by atoms with Crippen molar-refractivity contribution >= 4 is 26.4 Å². The second kappa shape index (κ2) is 5.50. The summed E-state index contributed by atoms with van der Waals surface area (Å²) in [6.45, 7) is 0. The summed E-state index contributed by atoms with van der Waals surface area (Å²) in [5.74, 6) is -1.77. The molecule has 2 N–H and O–H groups in total. The second-order valence-electron chi connectivity index (χ2n) is 3.27. The molecule has 0 aliphatic carbocycles. The van der Waals surface area contributed by atoms with E-state index in [1.165, 1.54) is 6.07 Å². The van der Waals surface area contributed by atoms with Gasteiger partial charge in [-0.05, 0) is 46.7 Å². The Kier molecular flexibility index (Phi) is 4.59. The van der Waals surface area contributed by atoms with E-state index in [2.05, 4.69) is 0 Å². The topological polar surface area (TPSA) is 43.1 Å². The number of hydrogen-bond donors (Lipinski definition) is 1. The number of benzene rings is 1. The summed E-state index contributed by atoms with van der Waals surface area (Å²) in [7, 11) is 0. The molecule has 0 unspecified atom stereocenters. The van der Waals surface area contributed by atoms with Gasteiger partial charge >= 0.3 is 0 Å². The average Bonchev–Trinajstić information content (AvgIpc) is 2.10. The van der Waals surface area contributed by atoms with E-state index in [0.29, 0.717) is 12.0 Å². The predicted molar refractivity (Wildman–Crippen MR) is 61.7 cm³/mol. The number of nitrogens with two attached hydrogens (primary N) is 1. The maximum atomic E-state index is 12.8. The van der Waals surface area contributed by atoms with Gasteiger partial charge < -0.3 is 5.73 Å². The van der Waals surface area contributed by atoms with Crippen molar-refractivity contribution in [3.05, 3.63) is 35.4 Å². The molecule has 0 saturated heterocycles. The Hall–Kier alpha value is -0.560. The van der Waals surface area contributed by atoms with Crippen LogP contribution in [0.3, 0.4) is 0 Å². The van der Waals surface area contributed by atoms with Crippen LogP contribution in [0.2, 0.25) is 0 Å². The van der Waals surface area contributed by atoms with E-state index in [0.717, 1.165) is 12.1 Å². The van der Waals surface area contributed by atoms with Gasteiger partial charge in [0.2, 0.25) is 0 Å². The van der Waals surface area contributed by atoms with Crippen molar-refractivity contribution in [2.75, 3.05) is 0 Å². The van der Waals surface area contributed by atoms with Gasteiger partial charge in [-0.25, -0.2) is 8.78 Å². The quantitative estimate of drug-likeness (QED) is 0.681. The number of hydrogen-bond acceptors (Lipinski definition) is 2. The Morgan fingerprint density at radius 2 is 2.07 bits per heavy atom. The van der Waals surface area contributed by atoms with Crippen LogP contribution in [-0.4, -0.2) is 9.83 Å². The molecule has 1 aromatic rings. The number of halogens is 3. The Morgan fingerprint density at radius 1 is 1.40 bits per heavy atom. The molecule has 0 saturated carbocycles. The molecule has 1 rings (SSSR count). The van der Waals surface area contributed by atoms with Crippen LogP contribution in [0.15, 0.2) is 18.2 Å². The van der Waals surface area contributed by atoms with Crippen molar-refractivity contribution in [1.29, 1.82) is 0 Å². The molecule has 0 radical (unpaired) electrons. The van der Waals surface area contributed by atoms with E-state index in [4.69, 9.17) is 5.73 Å². The third-order valence-electron chi connectivity index (χ3n) is 1.90. The molecule has 0 aliphatic heterocycles. The maximum Gasteiger partial charge on any atom is 0.193 e. The smallest absolute Gasteiger partial charge is 0.193 e. The normalized spacial score (nSPS) is 12.5. The molecule has 2 nitrogen and oxygen atoms in total. The average molecular weight is 325 g/mol. The Balaban J connectivity index is 2.64. The Labute approximate surface area is 100.0 Å². The van der Waals surface area contributed by atoms with Gasteiger partial charge in [-0.15, -0.1) is 0 Å². The monoisotopic (exact) mass is 325 g/mol. The summed E-state index contributed by atoms with van der Waals surface area (Å²) in [5.41, 5.74) is 6.25. The summed E-state index contributed by atoms with van der Waals surface area (Å²) < 4.78 is 25.4. The highest BCUT2D eigenvalue weighted by Gasteiger charge is 2.09. The van der Waals surface area contributed by atoms with Crippen LogP contribution in [0.4, 0.5) is 8.78 Å². The van der Waals surface area contributed by atoms with Crippen molar-refractivity contribution in [3.8, 4) is 0 Å². The molecule has 0 aliphatic rings. The van der Waals surface area contributed by atoms with Crippen molar-refractivity contribution in [3.63, 3.8) is 0 Å². The molecule has 0 amide bonds. The van der Waals surface area contributed by atoms with E-state index >= 15 is 0 Å². The van der Waals surface area contributed by atoms with Crippen LogP contribution in [0, 0.1) is 11.6 Å². The summed E-state index contributed by atoms with van der Waals surface area (Å²) >= 11 is 1.66. The summed E-state index contributed by atoms with van der Waals surface area (Å²) in [4.78, 5) is 10.7. The fourth-order valence-electron chi connectivity index (χ4n) is 1.25. The largest absolute Gasteiger partial charge is 0.327 e. The van der Waals surface area contributed by atoms with Gasteiger partial charge in [0.05, 0.1) is 0 Å². The van der Waals surface area contributed by atoms with Gasteiger partial charge in [0, 0.05) is 12.5 Å². The van der Waals surface area contributed by atoms with Crippen LogP contribution in [0.1, 0.15) is 12.0 Å². The maximum absolute atomic E-state index is 12.8. The lowest BCUT2D eigenvalue weighted by Crippen LogP contribution is -2.24. The number of rotatable bonds is 4. The molecule has 1 atom stereocenters. The van der Waals surface area contributed by atoms with Gasteiger partial charge in [-0.1, -0.05) is 6.07 Å². The fourth-order valence-corrected chi connectivity index (χ4v) is 1.81. The Morgan fingerprint density at radius 3 is 2.60 bits per heavy atom. The van der Waals surface area contributed by atoms with Gasteiger partial charge in [0.25, 0.3) is 0 Å². The van der Waals surface area contributed by atoms with Crippen molar-refractivity contribution in [1.82, 2.24) is 0 Å². The minimum absolute atomic E-state index is 0.0392. The van der Waals surface area contributed by atoms with Gasteiger partial charge in [-0.3, -0.25) is 4.79 Å². The first-order valence-electron chi connectivity index (χ1n) is 4.37. The zero-order chi connectivity index (χ0) is 11.4. The highest BCUT2D eigenvalue weighted by atomic mass is 127. The molecular weight excluding hydrogens is 315 g/mol. The number of carbonyl (C=O) groups is 1. The van der Waals surface area contributed by atoms with E-state index in [9.17, 15) is 13.6 Å². The lowest BCUT2D eigenvalue weighted by molar-refractivity contribution is -0.109. The molecule has 0 bridgehead atoms. The van der Waals surface area contributed by atoms with Crippen LogP contribution in [0.5, 0.6) is 0 Å². The van der Waals surface area contributed by atoms with Crippen molar-refractivity contribution in [2.24, 2.45) is 5.73 Å². The molecule has 0 heterocycles. The summed E-state index contributed by atoms with van der Waals surface area (Å²) in [6, 6.07) is 3.28. The second-order valence-corrected chi connectivity index (χ2v) is 4.48. The SMILES string of the molecule is N[C@@H](CC(=O)I)Cc1ccc(F)c(F)c1. The lowest BCUT2D eigenvalue weighted by Gasteiger charge is -2.08. The van der Waals surface area contributed by atoms with E-state index in [1.54, 1.807) is 22.6 Å². The van der Waals surface area contributed by atoms with E-state index in [-0.39, 0.29) is 16.3 Å². The van der Waals surface area contributed by atoms with Crippen LogP contribution >= 0.6 is 22.6 Å². The zero-order valence-corrected chi connectivity index (χ0v) is 10.0. The van der Waals surface area contributed by atoms with E-state index in [1.807, 2.05) is 0 Å². The first-order chi connectivity index (χ1) is 6.99. The number of carbonyl (C=O) groups excluding carboxylic acids is 1. The fraction of sp³-hybridized carbons (Fsp3) is 0.300. The summed E-state index contributed by atoms with van der Waals surface area (Å²) in [5, 5.41) is 0. The summed E-state index contributed by atoms with van der Waals surface area (Å²) in [6.07, 6.45) is 0.603. The van der Waals surface area contributed by atoms with Gasteiger partial charge in [0.15, 0.2) is 15.4 Å².